The molecular weight excluding hydrogens is 444 g/mol. The summed E-state index contributed by atoms with van der Waals surface area (Å²) in [6, 6.07) is 16.7. The molecule has 0 bridgehead atoms. The van der Waals surface area contributed by atoms with Crippen LogP contribution in [0.2, 0.25) is 0 Å². The van der Waals surface area contributed by atoms with E-state index < -0.39 is 10.2 Å². The van der Waals surface area contributed by atoms with Gasteiger partial charge in [-0.3, -0.25) is 9.59 Å². The largest absolute Gasteiger partial charge is 0.496 e. The van der Waals surface area contributed by atoms with Crippen LogP contribution in [0.25, 0.3) is 0 Å². The highest BCUT2D eigenvalue weighted by molar-refractivity contribution is 7.94. The van der Waals surface area contributed by atoms with Crippen LogP contribution in [0.5, 0.6) is 11.5 Å². The van der Waals surface area contributed by atoms with Gasteiger partial charge in [-0.15, -0.1) is 0 Å². The molecule has 1 aliphatic rings. The number of aldehydes is 2. The van der Waals surface area contributed by atoms with E-state index in [4.69, 9.17) is 9.47 Å². The predicted octanol–water partition coefficient (Wildman–Crippen LogP) is 3.60. The summed E-state index contributed by atoms with van der Waals surface area (Å²) in [6.45, 7) is -0.0432. The summed E-state index contributed by atoms with van der Waals surface area (Å²) in [6.07, 6.45) is 1.40. The Bertz CT molecular complexity index is 1230. The smallest absolute Gasteiger partial charge is 0.327 e. The molecule has 4 rings (SSSR count). The quantitative estimate of drug-likeness (QED) is 0.471. The highest BCUT2D eigenvalue weighted by atomic mass is 32.2. The summed E-state index contributed by atoms with van der Waals surface area (Å²) in [5.41, 5.74) is 2.96. The van der Waals surface area contributed by atoms with Gasteiger partial charge in [0, 0.05) is 22.3 Å². The van der Waals surface area contributed by atoms with Crippen LogP contribution in [0.15, 0.2) is 60.7 Å². The molecule has 0 saturated carbocycles. The maximum atomic E-state index is 13.7. The average Bonchev–Trinajstić information content (AvgIpc) is 3.05. The highest BCUT2D eigenvalue weighted by Crippen LogP contribution is 2.43. The van der Waals surface area contributed by atoms with Crippen molar-refractivity contribution in [2.45, 2.75) is 13.1 Å². The molecule has 3 aromatic rings. The number of para-hydroxylation sites is 2. The maximum absolute atomic E-state index is 13.7. The van der Waals surface area contributed by atoms with Crippen LogP contribution in [0.1, 0.15) is 31.8 Å². The molecule has 0 aromatic heterocycles. The topological polar surface area (TPSA) is 93.2 Å². The van der Waals surface area contributed by atoms with Crippen LogP contribution in [0.3, 0.4) is 0 Å². The zero-order valence-electron chi connectivity index (χ0n) is 18.1. The number of ether oxygens (including phenoxy) is 2. The molecule has 170 valence electrons. The zero-order valence-corrected chi connectivity index (χ0v) is 18.9. The summed E-state index contributed by atoms with van der Waals surface area (Å²) in [7, 11) is -1.01. The van der Waals surface area contributed by atoms with Gasteiger partial charge in [-0.1, -0.05) is 12.1 Å². The fourth-order valence-corrected chi connectivity index (χ4v) is 5.54. The Labute approximate surface area is 192 Å². The van der Waals surface area contributed by atoms with E-state index in [0.29, 0.717) is 57.7 Å². The molecule has 0 radical (unpaired) electrons. The molecular formula is C24H22N2O6S. The van der Waals surface area contributed by atoms with Gasteiger partial charge in [0.1, 0.15) is 24.1 Å². The monoisotopic (exact) mass is 466 g/mol. The van der Waals surface area contributed by atoms with Crippen molar-refractivity contribution in [1.82, 2.24) is 0 Å². The number of anilines is 2. The van der Waals surface area contributed by atoms with Crippen LogP contribution < -0.4 is 18.1 Å². The number of fused-ring (bicyclic) bond motifs is 1. The third-order valence-electron chi connectivity index (χ3n) is 5.49. The highest BCUT2D eigenvalue weighted by Gasteiger charge is 2.40. The van der Waals surface area contributed by atoms with Crippen molar-refractivity contribution >= 4 is 34.2 Å². The molecule has 0 aliphatic carbocycles. The number of nitrogens with zero attached hydrogens (tertiary/aromatic N) is 2. The molecule has 3 aromatic carbocycles. The zero-order chi connectivity index (χ0) is 23.6. The molecule has 1 aliphatic heterocycles. The van der Waals surface area contributed by atoms with Gasteiger partial charge in [-0.2, -0.15) is 8.42 Å². The minimum atomic E-state index is -3.99. The standard InChI is InChI=1S/C24H22N2O6S/c1-31-23-9-7-17(15-27)11-19(23)13-25-21-5-3-4-6-22(21)26(33(25,29)30)14-20-12-18(16-28)8-10-24(20)32-2/h3-12,15-16H,13-14H2,1-2H3. The van der Waals surface area contributed by atoms with Crippen LogP contribution in [0.4, 0.5) is 11.4 Å². The van der Waals surface area contributed by atoms with Crippen molar-refractivity contribution < 1.29 is 27.5 Å². The molecule has 0 unspecified atom stereocenters. The molecule has 33 heavy (non-hydrogen) atoms. The van der Waals surface area contributed by atoms with Crippen LogP contribution in [-0.4, -0.2) is 35.2 Å². The first-order chi connectivity index (χ1) is 15.9. The van der Waals surface area contributed by atoms with Gasteiger partial charge < -0.3 is 9.47 Å². The number of hydrogen-bond acceptors (Lipinski definition) is 6. The van der Waals surface area contributed by atoms with Gasteiger partial charge >= 0.3 is 10.2 Å². The lowest BCUT2D eigenvalue weighted by Crippen LogP contribution is -2.37. The number of benzene rings is 3. The van der Waals surface area contributed by atoms with Gasteiger partial charge in [0.05, 0.1) is 38.7 Å². The Balaban J connectivity index is 1.78. The number of hydrogen-bond donors (Lipinski definition) is 0. The van der Waals surface area contributed by atoms with E-state index in [1.807, 2.05) is 0 Å². The fraction of sp³-hybridized carbons (Fsp3) is 0.167. The Morgan fingerprint density at radius 3 is 1.52 bits per heavy atom. The number of carbonyl (C=O) groups excluding carboxylic acids is 2. The molecule has 0 fully saturated rings. The second-order valence-electron chi connectivity index (χ2n) is 7.39. The van der Waals surface area contributed by atoms with Gasteiger partial charge in [0.15, 0.2) is 0 Å². The number of rotatable bonds is 8. The van der Waals surface area contributed by atoms with E-state index in [1.165, 1.54) is 22.8 Å². The molecule has 8 nitrogen and oxygen atoms in total. The Kier molecular flexibility index (Phi) is 6.06. The SMILES string of the molecule is COc1ccc(C=O)cc1CN1c2ccccc2N(Cc2cc(C=O)ccc2OC)S1(=O)=O. The van der Waals surface area contributed by atoms with Crippen LogP contribution in [0, 0.1) is 0 Å². The van der Waals surface area contributed by atoms with E-state index in [9.17, 15) is 18.0 Å². The first-order valence-corrected chi connectivity index (χ1v) is 11.5. The third-order valence-corrected chi connectivity index (χ3v) is 7.25. The third kappa shape index (κ3) is 4.03. The Hall–Kier alpha value is -3.85. The second-order valence-corrected chi connectivity index (χ2v) is 9.17. The predicted molar refractivity (Wildman–Crippen MR) is 124 cm³/mol. The van der Waals surface area contributed by atoms with Gasteiger partial charge in [-0.25, -0.2) is 8.61 Å². The van der Waals surface area contributed by atoms with E-state index >= 15 is 0 Å². The molecule has 0 amide bonds. The molecule has 0 N–H and O–H groups in total. The first-order valence-electron chi connectivity index (χ1n) is 10.1. The summed E-state index contributed by atoms with van der Waals surface area (Å²) in [5.74, 6) is 0.958. The van der Waals surface area contributed by atoms with Crippen molar-refractivity contribution in [3.05, 3.63) is 82.9 Å². The fourth-order valence-electron chi connectivity index (χ4n) is 3.89. The van der Waals surface area contributed by atoms with Crippen molar-refractivity contribution in [2.24, 2.45) is 0 Å². The molecule has 9 heteroatoms. The van der Waals surface area contributed by atoms with Crippen LogP contribution >= 0.6 is 0 Å². The average molecular weight is 467 g/mol. The summed E-state index contributed by atoms with van der Waals surface area (Å²) in [4.78, 5) is 22.5. The maximum Gasteiger partial charge on any atom is 0.327 e. The van der Waals surface area contributed by atoms with Gasteiger partial charge in [0.2, 0.25) is 0 Å². The minimum absolute atomic E-state index is 0.0216. The summed E-state index contributed by atoms with van der Waals surface area (Å²) in [5, 5.41) is 0. The normalized spacial score (nSPS) is 14.0. The van der Waals surface area contributed by atoms with Crippen molar-refractivity contribution in [1.29, 1.82) is 0 Å². The number of methoxy groups -OCH3 is 2. The van der Waals surface area contributed by atoms with E-state index in [-0.39, 0.29) is 13.1 Å². The molecule has 0 spiro atoms. The number of carbonyl (C=O) groups is 2. The van der Waals surface area contributed by atoms with E-state index in [1.54, 1.807) is 60.7 Å². The van der Waals surface area contributed by atoms with Crippen LogP contribution in [-0.2, 0) is 23.3 Å². The summed E-state index contributed by atoms with van der Waals surface area (Å²) < 4.78 is 40.7. The lowest BCUT2D eigenvalue weighted by Gasteiger charge is -2.23. The lowest BCUT2D eigenvalue weighted by atomic mass is 10.1. The van der Waals surface area contributed by atoms with E-state index in [2.05, 4.69) is 0 Å². The molecule has 1 heterocycles. The van der Waals surface area contributed by atoms with Crippen molar-refractivity contribution in [3.63, 3.8) is 0 Å². The lowest BCUT2D eigenvalue weighted by molar-refractivity contribution is 0.111. The summed E-state index contributed by atoms with van der Waals surface area (Å²) >= 11 is 0. The minimum Gasteiger partial charge on any atom is -0.496 e. The van der Waals surface area contributed by atoms with Gasteiger partial charge in [-0.05, 0) is 48.5 Å². The van der Waals surface area contributed by atoms with Gasteiger partial charge in [0.25, 0.3) is 0 Å². The van der Waals surface area contributed by atoms with Crippen molar-refractivity contribution in [3.8, 4) is 11.5 Å². The Morgan fingerprint density at radius 1 is 0.727 bits per heavy atom. The van der Waals surface area contributed by atoms with E-state index in [0.717, 1.165) is 0 Å². The first kappa shape index (κ1) is 22.3. The molecule has 0 atom stereocenters. The Morgan fingerprint density at radius 2 is 1.15 bits per heavy atom. The molecule has 0 saturated heterocycles. The van der Waals surface area contributed by atoms with Crippen molar-refractivity contribution in [2.75, 3.05) is 22.8 Å². The second kappa shape index (κ2) is 8.95.